The zero-order chi connectivity index (χ0) is 22.8. The Morgan fingerprint density at radius 3 is 2.47 bits per heavy atom. The molecule has 162 valence electrons. The SMILES string of the molecule is Cc1ccc(NC(=S)N=Nc2c(O)n(Cc3cc(C)ccc3C)c3ccc(Br)cc23)cc1. The lowest BCUT2D eigenvalue weighted by molar-refractivity contribution is 0.429. The molecule has 0 aliphatic heterocycles. The molecule has 7 heteroatoms. The Bertz CT molecular complexity index is 1340. The normalized spacial score (nSPS) is 11.4. The molecule has 0 radical (unpaired) electrons. The summed E-state index contributed by atoms with van der Waals surface area (Å²) < 4.78 is 2.75. The Hall–Kier alpha value is -3.03. The van der Waals surface area contributed by atoms with Crippen molar-refractivity contribution in [3.05, 3.63) is 87.4 Å². The lowest BCUT2D eigenvalue weighted by Gasteiger charge is -2.11. The van der Waals surface area contributed by atoms with Gasteiger partial charge in [0.2, 0.25) is 11.0 Å². The van der Waals surface area contributed by atoms with Crippen molar-refractivity contribution in [2.24, 2.45) is 10.2 Å². The number of hydrogen-bond acceptors (Lipinski definition) is 3. The number of rotatable bonds is 4. The number of aromatic hydroxyl groups is 1. The quantitative estimate of drug-likeness (QED) is 0.221. The van der Waals surface area contributed by atoms with Gasteiger partial charge in [0.25, 0.3) is 0 Å². The van der Waals surface area contributed by atoms with Crippen LogP contribution in [0.5, 0.6) is 5.88 Å². The standard InChI is InChI=1S/C25H23BrN4OS/c1-15-5-9-20(10-6-15)27-25(32)29-28-23-21-13-19(26)8-11-22(21)30(24(23)31)14-18-12-16(2)4-7-17(18)3/h4-13,31H,14H2,1-3H3,(H,27,32). The highest BCUT2D eigenvalue weighted by molar-refractivity contribution is 9.10. The molecule has 4 aromatic rings. The van der Waals surface area contributed by atoms with E-state index in [1.807, 2.05) is 54.0 Å². The average molecular weight is 507 g/mol. The number of benzene rings is 3. The zero-order valence-corrected chi connectivity index (χ0v) is 20.5. The number of halogens is 1. The van der Waals surface area contributed by atoms with Gasteiger partial charge in [0.15, 0.2) is 5.69 Å². The van der Waals surface area contributed by atoms with Gasteiger partial charge in [-0.2, -0.15) is 0 Å². The van der Waals surface area contributed by atoms with Crippen LogP contribution in [0, 0.1) is 20.8 Å². The third kappa shape index (κ3) is 4.74. The van der Waals surface area contributed by atoms with Crippen LogP contribution in [-0.4, -0.2) is 14.8 Å². The molecule has 0 saturated carbocycles. The van der Waals surface area contributed by atoms with Crippen molar-refractivity contribution in [1.29, 1.82) is 0 Å². The maximum Gasteiger partial charge on any atom is 0.221 e. The number of nitrogens with one attached hydrogen (secondary N) is 1. The summed E-state index contributed by atoms with van der Waals surface area (Å²) in [7, 11) is 0. The molecule has 1 heterocycles. The molecule has 0 saturated heterocycles. The molecule has 0 bridgehead atoms. The van der Waals surface area contributed by atoms with E-state index in [0.717, 1.165) is 32.2 Å². The first-order valence-corrected chi connectivity index (χ1v) is 11.4. The largest absolute Gasteiger partial charge is 0.493 e. The van der Waals surface area contributed by atoms with E-state index in [0.29, 0.717) is 12.2 Å². The Kier molecular flexibility index (Phi) is 6.39. The van der Waals surface area contributed by atoms with E-state index in [9.17, 15) is 5.11 Å². The van der Waals surface area contributed by atoms with Gasteiger partial charge < -0.3 is 15.0 Å². The van der Waals surface area contributed by atoms with E-state index in [1.54, 1.807) is 0 Å². The Morgan fingerprint density at radius 1 is 1.00 bits per heavy atom. The summed E-state index contributed by atoms with van der Waals surface area (Å²) in [6.45, 7) is 6.69. The fourth-order valence-corrected chi connectivity index (χ4v) is 4.10. The molecule has 0 aliphatic rings. The van der Waals surface area contributed by atoms with Gasteiger partial charge in [-0.25, -0.2) is 0 Å². The van der Waals surface area contributed by atoms with Gasteiger partial charge in [-0.1, -0.05) is 57.4 Å². The summed E-state index contributed by atoms with van der Waals surface area (Å²) in [5.41, 5.74) is 6.74. The Balaban J connectivity index is 1.69. The molecule has 1 aromatic heterocycles. The van der Waals surface area contributed by atoms with Crippen LogP contribution in [0.4, 0.5) is 11.4 Å². The van der Waals surface area contributed by atoms with Crippen LogP contribution in [-0.2, 0) is 6.54 Å². The van der Waals surface area contributed by atoms with Crippen molar-refractivity contribution in [3.63, 3.8) is 0 Å². The number of thiocarbonyl (C=S) groups is 1. The molecule has 32 heavy (non-hydrogen) atoms. The maximum absolute atomic E-state index is 11.1. The third-order valence-corrected chi connectivity index (χ3v) is 6.03. The lowest BCUT2D eigenvalue weighted by Crippen LogP contribution is -2.04. The van der Waals surface area contributed by atoms with Crippen LogP contribution >= 0.6 is 28.1 Å². The van der Waals surface area contributed by atoms with Gasteiger partial charge in [0.1, 0.15) is 0 Å². The highest BCUT2D eigenvalue weighted by Gasteiger charge is 2.18. The van der Waals surface area contributed by atoms with Crippen LogP contribution in [0.1, 0.15) is 22.3 Å². The highest BCUT2D eigenvalue weighted by atomic mass is 79.9. The number of hydrogen-bond donors (Lipinski definition) is 2. The Morgan fingerprint density at radius 2 is 1.72 bits per heavy atom. The molecule has 2 N–H and O–H groups in total. The molecule has 3 aromatic carbocycles. The number of nitrogens with zero attached hydrogens (tertiary/aromatic N) is 3. The molecular weight excluding hydrogens is 484 g/mol. The Labute approximate surface area is 200 Å². The summed E-state index contributed by atoms with van der Waals surface area (Å²) in [6.07, 6.45) is 0. The minimum absolute atomic E-state index is 0.0564. The van der Waals surface area contributed by atoms with Crippen LogP contribution in [0.2, 0.25) is 0 Å². The van der Waals surface area contributed by atoms with Gasteiger partial charge in [-0.05, 0) is 74.4 Å². The lowest BCUT2D eigenvalue weighted by atomic mass is 10.1. The summed E-state index contributed by atoms with van der Waals surface area (Å²) in [5.74, 6) is 0.0564. The van der Waals surface area contributed by atoms with E-state index in [2.05, 4.69) is 63.5 Å². The van der Waals surface area contributed by atoms with Crippen molar-refractivity contribution < 1.29 is 5.11 Å². The third-order valence-electron chi connectivity index (χ3n) is 5.35. The second kappa shape index (κ2) is 9.22. The number of aryl methyl sites for hydroxylation is 3. The smallest absolute Gasteiger partial charge is 0.221 e. The second-order valence-electron chi connectivity index (χ2n) is 7.85. The van der Waals surface area contributed by atoms with E-state index >= 15 is 0 Å². The van der Waals surface area contributed by atoms with Gasteiger partial charge in [-0.15, -0.1) is 10.2 Å². The second-order valence-corrected chi connectivity index (χ2v) is 9.15. The van der Waals surface area contributed by atoms with Gasteiger partial charge in [-0.3, -0.25) is 0 Å². The number of aromatic nitrogens is 1. The molecular formula is C25H23BrN4OS. The molecule has 4 rings (SSSR count). The molecule has 0 unspecified atom stereocenters. The summed E-state index contributed by atoms with van der Waals surface area (Å²) >= 11 is 8.85. The predicted molar refractivity (Wildman–Crippen MR) is 138 cm³/mol. The van der Waals surface area contributed by atoms with Crippen molar-refractivity contribution in [2.75, 3.05) is 5.32 Å². The first-order chi connectivity index (χ1) is 15.3. The van der Waals surface area contributed by atoms with Crippen molar-refractivity contribution in [1.82, 2.24) is 4.57 Å². The number of fused-ring (bicyclic) bond motifs is 1. The van der Waals surface area contributed by atoms with E-state index in [1.165, 1.54) is 11.1 Å². The number of azo groups is 1. The van der Waals surface area contributed by atoms with E-state index < -0.39 is 0 Å². The van der Waals surface area contributed by atoms with Crippen molar-refractivity contribution >= 4 is 55.5 Å². The molecule has 0 amide bonds. The first kappa shape index (κ1) is 22.2. The van der Waals surface area contributed by atoms with Crippen molar-refractivity contribution in [2.45, 2.75) is 27.3 Å². The minimum atomic E-state index is 0.0564. The van der Waals surface area contributed by atoms with Crippen LogP contribution < -0.4 is 5.32 Å². The molecule has 0 aliphatic carbocycles. The molecule has 5 nitrogen and oxygen atoms in total. The topological polar surface area (TPSA) is 61.9 Å². The molecule has 0 spiro atoms. The van der Waals surface area contributed by atoms with Gasteiger partial charge >= 0.3 is 0 Å². The number of anilines is 1. The highest BCUT2D eigenvalue weighted by Crippen LogP contribution is 2.40. The average Bonchev–Trinajstić information content (AvgIpc) is 3.01. The minimum Gasteiger partial charge on any atom is -0.493 e. The fourth-order valence-electron chi connectivity index (χ4n) is 3.58. The van der Waals surface area contributed by atoms with Crippen LogP contribution in [0.15, 0.2) is 75.4 Å². The zero-order valence-electron chi connectivity index (χ0n) is 18.1. The monoisotopic (exact) mass is 506 g/mol. The van der Waals surface area contributed by atoms with Gasteiger partial charge in [0, 0.05) is 15.5 Å². The summed E-state index contributed by atoms with van der Waals surface area (Å²) in [5, 5.41) is 23.6. The summed E-state index contributed by atoms with van der Waals surface area (Å²) in [4.78, 5) is 0. The fraction of sp³-hybridized carbons (Fsp3) is 0.160. The molecule has 0 atom stereocenters. The van der Waals surface area contributed by atoms with Gasteiger partial charge in [0.05, 0.1) is 12.1 Å². The summed E-state index contributed by atoms with van der Waals surface area (Å²) in [6, 6.07) is 20.0. The van der Waals surface area contributed by atoms with E-state index in [-0.39, 0.29) is 11.0 Å². The molecule has 0 fully saturated rings. The maximum atomic E-state index is 11.1. The van der Waals surface area contributed by atoms with Crippen LogP contribution in [0.25, 0.3) is 10.9 Å². The predicted octanol–water partition coefficient (Wildman–Crippen LogP) is 7.56. The van der Waals surface area contributed by atoms with Crippen molar-refractivity contribution in [3.8, 4) is 5.88 Å². The van der Waals surface area contributed by atoms with E-state index in [4.69, 9.17) is 12.2 Å². The first-order valence-electron chi connectivity index (χ1n) is 10.2. The van der Waals surface area contributed by atoms with Crippen LogP contribution in [0.3, 0.4) is 0 Å².